The zero-order valence-electron chi connectivity index (χ0n) is 17.7. The molecule has 28 heavy (non-hydrogen) atoms. The molecule has 0 saturated heterocycles. The van der Waals surface area contributed by atoms with Crippen LogP contribution in [-0.2, 0) is 16.8 Å². The third-order valence-electron chi connectivity index (χ3n) is 4.78. The number of benzene rings is 1. The molecule has 0 bridgehead atoms. The number of aromatic nitrogens is 4. The van der Waals surface area contributed by atoms with E-state index < -0.39 is 0 Å². The molecule has 0 fully saturated rings. The Morgan fingerprint density at radius 2 is 1.71 bits per heavy atom. The van der Waals surface area contributed by atoms with E-state index in [0.717, 1.165) is 10.9 Å². The average Bonchev–Trinajstić information content (AvgIpc) is 2.89. The topological polar surface area (TPSA) is 72.5 Å². The zero-order valence-corrected chi connectivity index (χ0v) is 17.7. The van der Waals surface area contributed by atoms with Crippen LogP contribution in [0.15, 0.2) is 29.1 Å². The second-order valence-electron chi connectivity index (χ2n) is 8.79. The van der Waals surface area contributed by atoms with Gasteiger partial charge in [-0.25, -0.2) is 18.9 Å². The Morgan fingerprint density at radius 1 is 1.11 bits per heavy atom. The molecule has 150 valence electrons. The molecule has 0 spiro atoms. The second kappa shape index (κ2) is 7.04. The van der Waals surface area contributed by atoms with Crippen molar-refractivity contribution >= 4 is 22.5 Å². The SMILES string of the molecule is CC(C)N(C(=O)Cn1nc2c3ccccc3nc(C(C)(C)C)n2c1=O)C(C)C. The molecule has 2 heterocycles. The Bertz CT molecular complexity index is 1080. The van der Waals surface area contributed by atoms with Gasteiger partial charge < -0.3 is 4.90 Å². The van der Waals surface area contributed by atoms with E-state index in [0.29, 0.717) is 11.5 Å². The quantitative estimate of drug-likeness (QED) is 0.694. The van der Waals surface area contributed by atoms with Crippen molar-refractivity contribution in [1.82, 2.24) is 24.1 Å². The highest BCUT2D eigenvalue weighted by molar-refractivity contribution is 5.91. The first-order valence-corrected chi connectivity index (χ1v) is 9.72. The Morgan fingerprint density at radius 3 is 2.29 bits per heavy atom. The molecule has 1 aromatic carbocycles. The summed E-state index contributed by atoms with van der Waals surface area (Å²) in [5.41, 5.74) is 0.633. The van der Waals surface area contributed by atoms with Crippen molar-refractivity contribution in [3.8, 4) is 0 Å². The molecule has 0 aliphatic rings. The van der Waals surface area contributed by atoms with Gasteiger partial charge in [-0.2, -0.15) is 0 Å². The van der Waals surface area contributed by atoms with E-state index in [-0.39, 0.29) is 35.6 Å². The predicted molar refractivity (Wildman–Crippen MR) is 111 cm³/mol. The molecule has 7 heteroatoms. The van der Waals surface area contributed by atoms with Crippen LogP contribution in [0.3, 0.4) is 0 Å². The van der Waals surface area contributed by atoms with Gasteiger partial charge >= 0.3 is 5.69 Å². The molecule has 0 saturated carbocycles. The number of carbonyl (C=O) groups is 1. The highest BCUT2D eigenvalue weighted by atomic mass is 16.2. The van der Waals surface area contributed by atoms with Crippen molar-refractivity contribution < 1.29 is 4.79 Å². The van der Waals surface area contributed by atoms with Crippen molar-refractivity contribution in [1.29, 1.82) is 0 Å². The number of rotatable bonds is 4. The Hall–Kier alpha value is -2.70. The van der Waals surface area contributed by atoms with Crippen molar-refractivity contribution in [3.05, 3.63) is 40.6 Å². The van der Waals surface area contributed by atoms with Crippen LogP contribution in [0, 0.1) is 0 Å². The number of nitrogens with zero attached hydrogens (tertiary/aromatic N) is 5. The first-order chi connectivity index (χ1) is 13.0. The molecule has 0 aliphatic heterocycles. The normalized spacial score (nSPS) is 12.5. The maximum absolute atomic E-state index is 13.2. The number of carbonyl (C=O) groups excluding carboxylic acids is 1. The first kappa shape index (κ1) is 20.0. The van der Waals surface area contributed by atoms with Crippen molar-refractivity contribution in [2.45, 2.75) is 72.5 Å². The van der Waals surface area contributed by atoms with Gasteiger partial charge in [0.2, 0.25) is 5.91 Å². The maximum Gasteiger partial charge on any atom is 0.352 e. The maximum atomic E-state index is 13.2. The van der Waals surface area contributed by atoms with Crippen LogP contribution in [0.2, 0.25) is 0 Å². The van der Waals surface area contributed by atoms with Crippen LogP contribution in [0.5, 0.6) is 0 Å². The van der Waals surface area contributed by atoms with Gasteiger partial charge in [-0.05, 0) is 39.8 Å². The van der Waals surface area contributed by atoms with E-state index in [1.54, 1.807) is 9.30 Å². The number of amides is 1. The molecule has 0 radical (unpaired) electrons. The van der Waals surface area contributed by atoms with Crippen molar-refractivity contribution in [2.75, 3.05) is 0 Å². The predicted octanol–water partition coefficient (Wildman–Crippen LogP) is 2.99. The van der Waals surface area contributed by atoms with Gasteiger partial charge in [0.05, 0.1) is 5.52 Å². The fourth-order valence-corrected chi connectivity index (χ4v) is 3.69. The molecular weight excluding hydrogens is 354 g/mol. The van der Waals surface area contributed by atoms with E-state index in [9.17, 15) is 9.59 Å². The fourth-order valence-electron chi connectivity index (χ4n) is 3.69. The van der Waals surface area contributed by atoms with Gasteiger partial charge in [0.15, 0.2) is 5.65 Å². The molecule has 0 N–H and O–H groups in total. The summed E-state index contributed by atoms with van der Waals surface area (Å²) in [4.78, 5) is 32.6. The number of hydrogen-bond acceptors (Lipinski definition) is 4. The van der Waals surface area contributed by atoms with Gasteiger partial charge in [-0.3, -0.25) is 4.79 Å². The second-order valence-corrected chi connectivity index (χ2v) is 8.79. The molecule has 7 nitrogen and oxygen atoms in total. The highest BCUT2D eigenvalue weighted by Crippen LogP contribution is 2.24. The molecule has 0 aliphatic carbocycles. The summed E-state index contributed by atoms with van der Waals surface area (Å²) in [6.07, 6.45) is 0. The first-order valence-electron chi connectivity index (χ1n) is 9.72. The lowest BCUT2D eigenvalue weighted by atomic mass is 9.95. The number of fused-ring (bicyclic) bond motifs is 3. The summed E-state index contributed by atoms with van der Waals surface area (Å²) in [6, 6.07) is 7.73. The molecule has 3 aromatic rings. The van der Waals surface area contributed by atoms with Crippen molar-refractivity contribution in [2.24, 2.45) is 0 Å². The van der Waals surface area contributed by atoms with Gasteiger partial charge in [-0.15, -0.1) is 5.10 Å². The van der Waals surface area contributed by atoms with Crippen LogP contribution in [0.4, 0.5) is 0 Å². The van der Waals surface area contributed by atoms with E-state index in [1.165, 1.54) is 4.68 Å². The Kier molecular flexibility index (Phi) is 5.04. The van der Waals surface area contributed by atoms with E-state index in [1.807, 2.05) is 72.7 Å². The lowest BCUT2D eigenvalue weighted by Gasteiger charge is -2.30. The van der Waals surface area contributed by atoms with E-state index in [4.69, 9.17) is 4.98 Å². The van der Waals surface area contributed by atoms with Crippen LogP contribution in [-0.4, -0.2) is 42.1 Å². The largest absolute Gasteiger partial charge is 0.352 e. The third kappa shape index (κ3) is 3.41. The summed E-state index contributed by atoms with van der Waals surface area (Å²) < 4.78 is 2.81. The van der Waals surface area contributed by atoms with Gasteiger partial charge in [0.1, 0.15) is 12.4 Å². The minimum Gasteiger partial charge on any atom is -0.336 e. The minimum atomic E-state index is -0.355. The third-order valence-corrected chi connectivity index (χ3v) is 4.78. The van der Waals surface area contributed by atoms with Crippen LogP contribution in [0.25, 0.3) is 16.6 Å². The number of para-hydroxylation sites is 1. The highest BCUT2D eigenvalue weighted by Gasteiger charge is 2.26. The van der Waals surface area contributed by atoms with Gasteiger partial charge in [0, 0.05) is 22.9 Å². The van der Waals surface area contributed by atoms with Gasteiger partial charge in [-0.1, -0.05) is 32.9 Å². The fraction of sp³-hybridized carbons (Fsp3) is 0.524. The van der Waals surface area contributed by atoms with Crippen LogP contribution < -0.4 is 5.69 Å². The summed E-state index contributed by atoms with van der Waals surface area (Å²) in [5, 5.41) is 5.33. The smallest absolute Gasteiger partial charge is 0.336 e. The minimum absolute atomic E-state index is 0.0490. The molecule has 0 atom stereocenters. The molecule has 0 unspecified atom stereocenters. The molecule has 3 rings (SSSR count). The lowest BCUT2D eigenvalue weighted by Crippen LogP contribution is -2.45. The standard InChI is InChI=1S/C21H29N5O2/c1-13(2)25(14(3)4)17(27)12-24-20(28)26-18(23-24)15-10-8-9-11-16(15)22-19(26)21(5,6)7/h8-11,13-14H,12H2,1-7H3. The summed E-state index contributed by atoms with van der Waals surface area (Å²) in [7, 11) is 0. The van der Waals surface area contributed by atoms with Crippen molar-refractivity contribution in [3.63, 3.8) is 0 Å². The average molecular weight is 383 g/mol. The summed E-state index contributed by atoms with van der Waals surface area (Å²) in [6.45, 7) is 13.8. The lowest BCUT2D eigenvalue weighted by molar-refractivity contribution is -0.135. The molecular formula is C21H29N5O2. The monoisotopic (exact) mass is 383 g/mol. The zero-order chi connectivity index (χ0) is 20.8. The van der Waals surface area contributed by atoms with Crippen LogP contribution in [0.1, 0.15) is 54.3 Å². The van der Waals surface area contributed by atoms with E-state index in [2.05, 4.69) is 5.10 Å². The Labute approximate surface area is 165 Å². The van der Waals surface area contributed by atoms with E-state index >= 15 is 0 Å². The summed E-state index contributed by atoms with van der Waals surface area (Å²) >= 11 is 0. The molecule has 2 aromatic heterocycles. The Balaban J connectivity index is 2.21. The van der Waals surface area contributed by atoms with Crippen LogP contribution >= 0.6 is 0 Å². The van der Waals surface area contributed by atoms with Gasteiger partial charge in [0.25, 0.3) is 0 Å². The number of hydrogen-bond donors (Lipinski definition) is 0. The molecule has 1 amide bonds. The summed E-state index contributed by atoms with van der Waals surface area (Å²) in [5.74, 6) is 0.513.